The van der Waals surface area contributed by atoms with Gasteiger partial charge in [-0.15, -0.1) is 0 Å². The summed E-state index contributed by atoms with van der Waals surface area (Å²) in [6.07, 6.45) is 0.500. The Morgan fingerprint density at radius 1 is 1.29 bits per heavy atom. The Bertz CT molecular complexity index is 494. The molecule has 4 nitrogen and oxygen atoms in total. The van der Waals surface area contributed by atoms with Crippen molar-refractivity contribution in [3.8, 4) is 0 Å². The minimum absolute atomic E-state index is 0.0598. The summed E-state index contributed by atoms with van der Waals surface area (Å²) in [5.74, 6) is -0.637. The molecule has 2 rings (SSSR count). The van der Waals surface area contributed by atoms with Gasteiger partial charge in [0.2, 0.25) is 0 Å². The van der Waals surface area contributed by atoms with E-state index in [-0.39, 0.29) is 12.2 Å². The van der Waals surface area contributed by atoms with Gasteiger partial charge in [0.25, 0.3) is 0 Å². The van der Waals surface area contributed by atoms with Crippen molar-refractivity contribution < 1.29 is 23.1 Å². The number of alkyl halides is 3. The van der Waals surface area contributed by atoms with Gasteiger partial charge in [-0.1, -0.05) is 19.3 Å². The van der Waals surface area contributed by atoms with Crippen LogP contribution in [0, 0.1) is 0 Å². The Hall–Kier alpha value is -1.79. The molecule has 116 valence electrons. The summed E-state index contributed by atoms with van der Waals surface area (Å²) in [6.45, 7) is 0. The number of carboxylic acids is 1. The molecule has 0 atom stereocenters. The predicted molar refractivity (Wildman–Crippen MR) is 70.9 cm³/mol. The number of hydrogen-bond donors (Lipinski definition) is 2. The standard InChI is InChI=1S/C14H17F3N2O2/c15-14(16,17)10-4-5-11(18-9-10)19-13(8-12(20)21)6-2-1-3-7-13/h4-5,9H,1-3,6-8H2,(H,18,19)(H,20,21). The molecule has 2 N–H and O–H groups in total. The van der Waals surface area contributed by atoms with Gasteiger partial charge in [-0.25, -0.2) is 4.98 Å². The monoisotopic (exact) mass is 302 g/mol. The molecule has 0 aliphatic heterocycles. The smallest absolute Gasteiger partial charge is 0.417 e. The maximum absolute atomic E-state index is 12.5. The van der Waals surface area contributed by atoms with Gasteiger partial charge in [-0.3, -0.25) is 4.79 Å². The van der Waals surface area contributed by atoms with E-state index < -0.39 is 23.2 Å². The minimum Gasteiger partial charge on any atom is -0.481 e. The second-order valence-electron chi connectivity index (χ2n) is 5.47. The van der Waals surface area contributed by atoms with Gasteiger partial charge in [0, 0.05) is 11.7 Å². The fraction of sp³-hybridized carbons (Fsp3) is 0.571. The van der Waals surface area contributed by atoms with Crippen molar-refractivity contribution in [3.63, 3.8) is 0 Å². The fourth-order valence-electron chi connectivity index (χ4n) is 2.77. The maximum atomic E-state index is 12.5. The number of anilines is 1. The third kappa shape index (κ3) is 4.09. The van der Waals surface area contributed by atoms with E-state index in [1.807, 2.05) is 0 Å². The lowest BCUT2D eigenvalue weighted by molar-refractivity contribution is -0.139. The number of halogens is 3. The molecule has 0 bridgehead atoms. The van der Waals surface area contributed by atoms with E-state index in [1.54, 1.807) is 0 Å². The molecule has 1 fully saturated rings. The van der Waals surface area contributed by atoms with Crippen molar-refractivity contribution in [2.24, 2.45) is 0 Å². The van der Waals surface area contributed by atoms with Crippen molar-refractivity contribution in [3.05, 3.63) is 23.9 Å². The molecule has 0 amide bonds. The van der Waals surface area contributed by atoms with Gasteiger partial charge in [-0.2, -0.15) is 13.2 Å². The van der Waals surface area contributed by atoms with Gasteiger partial charge >= 0.3 is 12.1 Å². The third-order valence-corrected chi connectivity index (χ3v) is 3.78. The number of rotatable bonds is 4. The van der Waals surface area contributed by atoms with Crippen LogP contribution in [0.3, 0.4) is 0 Å². The first-order chi connectivity index (χ1) is 9.81. The van der Waals surface area contributed by atoms with Crippen LogP contribution in [0.5, 0.6) is 0 Å². The lowest BCUT2D eigenvalue weighted by Gasteiger charge is -2.37. The highest BCUT2D eigenvalue weighted by atomic mass is 19.4. The Morgan fingerprint density at radius 3 is 2.43 bits per heavy atom. The Balaban J connectivity index is 2.15. The topological polar surface area (TPSA) is 62.2 Å². The summed E-state index contributed by atoms with van der Waals surface area (Å²) < 4.78 is 37.5. The molecule has 1 aromatic rings. The van der Waals surface area contributed by atoms with E-state index in [1.165, 1.54) is 6.07 Å². The zero-order chi connectivity index (χ0) is 15.5. The summed E-state index contributed by atoms with van der Waals surface area (Å²) in [5, 5.41) is 12.1. The maximum Gasteiger partial charge on any atom is 0.417 e. The summed E-state index contributed by atoms with van der Waals surface area (Å²) in [6, 6.07) is 2.20. The van der Waals surface area contributed by atoms with Crippen molar-refractivity contribution in [1.29, 1.82) is 0 Å². The molecule has 0 saturated heterocycles. The van der Waals surface area contributed by atoms with Crippen LogP contribution < -0.4 is 5.32 Å². The molecule has 1 aromatic heterocycles. The molecular weight excluding hydrogens is 285 g/mol. The molecule has 7 heteroatoms. The zero-order valence-corrected chi connectivity index (χ0v) is 11.4. The van der Waals surface area contributed by atoms with Gasteiger partial charge in [0.15, 0.2) is 0 Å². The summed E-state index contributed by atoms with van der Waals surface area (Å²) in [4.78, 5) is 14.8. The van der Waals surface area contributed by atoms with E-state index >= 15 is 0 Å². The quantitative estimate of drug-likeness (QED) is 0.890. The first-order valence-corrected chi connectivity index (χ1v) is 6.84. The van der Waals surface area contributed by atoms with E-state index in [0.29, 0.717) is 12.8 Å². The van der Waals surface area contributed by atoms with Crippen LogP contribution in [0.4, 0.5) is 19.0 Å². The molecule has 1 aliphatic carbocycles. The van der Waals surface area contributed by atoms with E-state index in [9.17, 15) is 18.0 Å². The fourth-order valence-corrected chi connectivity index (χ4v) is 2.77. The average Bonchev–Trinajstić information content (AvgIpc) is 2.38. The van der Waals surface area contributed by atoms with Crippen LogP contribution in [0.15, 0.2) is 18.3 Å². The Labute approximate surface area is 120 Å². The molecule has 0 aromatic carbocycles. The predicted octanol–water partition coefficient (Wildman–Crippen LogP) is 3.69. The molecule has 1 aliphatic rings. The molecule has 1 heterocycles. The SMILES string of the molecule is O=C(O)CC1(Nc2ccc(C(F)(F)F)cn2)CCCCC1. The van der Waals surface area contributed by atoms with E-state index in [2.05, 4.69) is 10.3 Å². The number of aromatic nitrogens is 1. The number of nitrogens with zero attached hydrogens (tertiary/aromatic N) is 1. The lowest BCUT2D eigenvalue weighted by Crippen LogP contribution is -2.42. The highest BCUT2D eigenvalue weighted by molar-refractivity contribution is 5.69. The van der Waals surface area contributed by atoms with Crippen molar-refractivity contribution in [2.45, 2.75) is 50.2 Å². The van der Waals surface area contributed by atoms with E-state index in [0.717, 1.165) is 31.5 Å². The second kappa shape index (κ2) is 5.91. The van der Waals surface area contributed by atoms with Crippen LogP contribution in [-0.2, 0) is 11.0 Å². The number of aliphatic carboxylic acids is 1. The van der Waals surface area contributed by atoms with Crippen LogP contribution in [-0.4, -0.2) is 21.6 Å². The normalized spacial score (nSPS) is 18.2. The van der Waals surface area contributed by atoms with Crippen molar-refractivity contribution in [2.75, 3.05) is 5.32 Å². The van der Waals surface area contributed by atoms with Crippen molar-refractivity contribution >= 4 is 11.8 Å². The van der Waals surface area contributed by atoms with Gasteiger partial charge in [0.05, 0.1) is 12.0 Å². The highest BCUT2D eigenvalue weighted by Crippen LogP contribution is 2.35. The number of carbonyl (C=O) groups is 1. The molecule has 21 heavy (non-hydrogen) atoms. The number of nitrogens with one attached hydrogen (secondary N) is 1. The number of hydrogen-bond acceptors (Lipinski definition) is 3. The Morgan fingerprint density at radius 2 is 1.95 bits per heavy atom. The first kappa shape index (κ1) is 15.6. The van der Waals surface area contributed by atoms with E-state index in [4.69, 9.17) is 5.11 Å². The first-order valence-electron chi connectivity index (χ1n) is 6.84. The lowest BCUT2D eigenvalue weighted by atomic mass is 9.79. The highest BCUT2D eigenvalue weighted by Gasteiger charge is 2.35. The second-order valence-corrected chi connectivity index (χ2v) is 5.47. The molecule has 0 radical (unpaired) electrons. The zero-order valence-electron chi connectivity index (χ0n) is 11.4. The van der Waals surface area contributed by atoms with Gasteiger partial charge in [0.1, 0.15) is 5.82 Å². The van der Waals surface area contributed by atoms with Crippen molar-refractivity contribution in [1.82, 2.24) is 4.98 Å². The summed E-state index contributed by atoms with van der Waals surface area (Å²) in [5.41, 5.74) is -1.43. The largest absolute Gasteiger partial charge is 0.481 e. The molecular formula is C14H17F3N2O2. The molecule has 0 spiro atoms. The number of carboxylic acid groups (broad SMARTS) is 1. The van der Waals surface area contributed by atoms with Gasteiger partial charge in [-0.05, 0) is 25.0 Å². The number of pyridine rings is 1. The summed E-state index contributed by atoms with van der Waals surface area (Å²) in [7, 11) is 0. The minimum atomic E-state index is -4.42. The molecule has 0 unspecified atom stereocenters. The third-order valence-electron chi connectivity index (χ3n) is 3.78. The molecule has 1 saturated carbocycles. The van der Waals surface area contributed by atoms with Crippen LogP contribution in [0.25, 0.3) is 0 Å². The van der Waals surface area contributed by atoms with Crippen LogP contribution in [0.1, 0.15) is 44.1 Å². The Kier molecular flexibility index (Phi) is 4.39. The van der Waals surface area contributed by atoms with Crippen LogP contribution in [0.2, 0.25) is 0 Å². The van der Waals surface area contributed by atoms with Gasteiger partial charge < -0.3 is 10.4 Å². The summed E-state index contributed by atoms with van der Waals surface area (Å²) >= 11 is 0. The van der Waals surface area contributed by atoms with Crippen LogP contribution >= 0.6 is 0 Å². The average molecular weight is 302 g/mol.